The standard InChI is InChI=1S/C47H48N4O6/c52-42-18-16-39(40-17-19-44(54)49-45(40)42)43(53)28-48-23-20-31-12-14-33(15-13-31)35-7-4-6-32(26-35)30-57-38-11-5-10-37(27-38)47(50-46(55)56,36-8-2-1-3-9-36)41-29-51-24-21-34(41)22-25-51/h1-19,26-27,34,41,43,48,50,52-53H,20-25,28-30H2,(H,49,54)(H,55,56). The van der Waals surface area contributed by atoms with Gasteiger partial charge >= 0.3 is 6.09 Å². The molecular weight excluding hydrogens is 717 g/mol. The number of nitrogens with zero attached hydrogens (tertiary/aromatic N) is 1. The van der Waals surface area contributed by atoms with Crippen molar-refractivity contribution < 1.29 is 24.9 Å². The molecule has 5 aromatic carbocycles. The maximum Gasteiger partial charge on any atom is 0.405 e. The molecule has 3 unspecified atom stereocenters. The van der Waals surface area contributed by atoms with Gasteiger partial charge in [0.2, 0.25) is 5.56 Å². The van der Waals surface area contributed by atoms with Crippen molar-refractivity contribution >= 4 is 17.0 Å². The fourth-order valence-corrected chi connectivity index (χ4v) is 8.99. The van der Waals surface area contributed by atoms with E-state index in [1.807, 2.05) is 60.7 Å². The lowest BCUT2D eigenvalue weighted by Crippen LogP contribution is -2.61. The minimum Gasteiger partial charge on any atom is -0.506 e. The molecule has 3 aliphatic heterocycles. The molecule has 6 aromatic rings. The van der Waals surface area contributed by atoms with Gasteiger partial charge in [-0.2, -0.15) is 0 Å². The predicted molar refractivity (Wildman–Crippen MR) is 221 cm³/mol. The number of hydrogen-bond donors (Lipinski definition) is 6. The summed E-state index contributed by atoms with van der Waals surface area (Å²) in [6.07, 6.45) is 1.04. The van der Waals surface area contributed by atoms with Crippen LogP contribution in [0.3, 0.4) is 0 Å². The Kier molecular flexibility index (Phi) is 11.1. The molecule has 9 rings (SSSR count). The molecule has 6 N–H and O–H groups in total. The summed E-state index contributed by atoms with van der Waals surface area (Å²) >= 11 is 0. The number of H-pyrrole nitrogens is 1. The zero-order chi connectivity index (χ0) is 39.4. The monoisotopic (exact) mass is 764 g/mol. The van der Waals surface area contributed by atoms with Gasteiger partial charge in [-0.1, -0.05) is 91.0 Å². The van der Waals surface area contributed by atoms with Crippen molar-refractivity contribution in [1.29, 1.82) is 0 Å². The third kappa shape index (κ3) is 8.16. The van der Waals surface area contributed by atoms with Crippen LogP contribution in [-0.2, 0) is 18.6 Å². The van der Waals surface area contributed by atoms with E-state index >= 15 is 0 Å². The van der Waals surface area contributed by atoms with Crippen LogP contribution >= 0.6 is 0 Å². The zero-order valence-electron chi connectivity index (χ0n) is 31.7. The summed E-state index contributed by atoms with van der Waals surface area (Å²) in [6.45, 7) is 4.30. The van der Waals surface area contributed by atoms with Crippen molar-refractivity contribution in [3.05, 3.63) is 166 Å². The number of aromatic nitrogens is 1. The highest BCUT2D eigenvalue weighted by Gasteiger charge is 2.50. The van der Waals surface area contributed by atoms with Crippen molar-refractivity contribution in [3.8, 4) is 22.6 Å². The molecule has 0 radical (unpaired) electrons. The normalized spacial score (nSPS) is 19.1. The fourth-order valence-electron chi connectivity index (χ4n) is 8.99. The molecule has 57 heavy (non-hydrogen) atoms. The summed E-state index contributed by atoms with van der Waals surface area (Å²) in [5.41, 5.74) is 5.90. The first-order valence-electron chi connectivity index (χ1n) is 19.7. The van der Waals surface area contributed by atoms with E-state index in [1.165, 1.54) is 12.1 Å². The molecule has 10 nitrogen and oxygen atoms in total. The van der Waals surface area contributed by atoms with Gasteiger partial charge in [0, 0.05) is 30.5 Å². The van der Waals surface area contributed by atoms with Crippen molar-refractivity contribution in [2.24, 2.45) is 11.8 Å². The number of phenolic OH excluding ortho intramolecular Hbond substituents is 1. The number of amides is 1. The van der Waals surface area contributed by atoms with Crippen molar-refractivity contribution in [2.45, 2.75) is 37.5 Å². The number of fused-ring (bicyclic) bond motifs is 4. The van der Waals surface area contributed by atoms with Gasteiger partial charge in [-0.15, -0.1) is 0 Å². The quantitative estimate of drug-likeness (QED) is 0.0639. The van der Waals surface area contributed by atoms with E-state index in [2.05, 4.69) is 63.0 Å². The highest BCUT2D eigenvalue weighted by molar-refractivity contribution is 5.87. The van der Waals surface area contributed by atoms with E-state index in [0.29, 0.717) is 47.8 Å². The SMILES string of the molecule is O=C(O)NC(c1ccccc1)(c1cccc(OCc2cccc(-c3ccc(CCNCC(O)c4ccc(O)c5[nH]c(=O)ccc45)cc3)c2)c1)C1CN2CCC1CC2. The molecule has 4 heterocycles. The van der Waals surface area contributed by atoms with Crippen LogP contribution in [0.25, 0.3) is 22.0 Å². The molecule has 1 amide bonds. The Hall–Kier alpha value is -5.94. The highest BCUT2D eigenvalue weighted by Crippen LogP contribution is 2.47. The molecule has 0 spiro atoms. The van der Waals surface area contributed by atoms with E-state index in [4.69, 9.17) is 4.74 Å². The number of benzene rings is 5. The number of carbonyl (C=O) groups is 1. The number of pyridine rings is 1. The molecule has 2 bridgehead atoms. The number of aliphatic hydroxyl groups excluding tert-OH is 1. The Morgan fingerprint density at radius 3 is 2.37 bits per heavy atom. The van der Waals surface area contributed by atoms with Crippen LogP contribution in [0.4, 0.5) is 4.79 Å². The van der Waals surface area contributed by atoms with Gasteiger partial charge < -0.3 is 40.6 Å². The molecule has 0 aliphatic carbocycles. The lowest BCUT2D eigenvalue weighted by atomic mass is 9.63. The van der Waals surface area contributed by atoms with Crippen LogP contribution in [0, 0.1) is 11.8 Å². The first-order chi connectivity index (χ1) is 27.8. The minimum absolute atomic E-state index is 0.0325. The zero-order valence-corrected chi connectivity index (χ0v) is 31.7. The number of phenols is 1. The van der Waals surface area contributed by atoms with Gasteiger partial charge in [-0.3, -0.25) is 4.79 Å². The number of piperidine rings is 3. The molecule has 0 saturated carbocycles. The smallest absolute Gasteiger partial charge is 0.405 e. The number of nitrogens with one attached hydrogen (secondary N) is 3. The van der Waals surface area contributed by atoms with Gasteiger partial charge in [0.15, 0.2) is 0 Å². The Morgan fingerprint density at radius 1 is 0.842 bits per heavy atom. The first-order valence-corrected chi connectivity index (χ1v) is 19.7. The minimum atomic E-state index is -1.04. The number of hydrogen-bond acceptors (Lipinski definition) is 7. The summed E-state index contributed by atoms with van der Waals surface area (Å²) in [5, 5.41) is 38.3. The molecule has 292 valence electrons. The molecular formula is C47H48N4O6. The van der Waals surface area contributed by atoms with Crippen LogP contribution in [0.15, 0.2) is 132 Å². The van der Waals surface area contributed by atoms with Gasteiger partial charge in [0.25, 0.3) is 0 Å². The maximum absolute atomic E-state index is 12.6. The van der Waals surface area contributed by atoms with E-state index in [1.54, 1.807) is 12.1 Å². The van der Waals surface area contributed by atoms with E-state index in [9.17, 15) is 24.9 Å². The van der Waals surface area contributed by atoms with Gasteiger partial charge in [-0.25, -0.2) is 4.79 Å². The Morgan fingerprint density at radius 2 is 1.61 bits per heavy atom. The lowest BCUT2D eigenvalue weighted by molar-refractivity contribution is 0.00716. The number of aliphatic hydroxyl groups is 1. The largest absolute Gasteiger partial charge is 0.506 e. The van der Waals surface area contributed by atoms with Crippen LogP contribution < -0.4 is 20.9 Å². The average Bonchev–Trinajstić information content (AvgIpc) is 3.25. The van der Waals surface area contributed by atoms with Gasteiger partial charge in [0.05, 0.1) is 17.2 Å². The Balaban J connectivity index is 0.914. The highest BCUT2D eigenvalue weighted by atomic mass is 16.5. The van der Waals surface area contributed by atoms with Crippen molar-refractivity contribution in [3.63, 3.8) is 0 Å². The van der Waals surface area contributed by atoms with E-state index < -0.39 is 17.7 Å². The summed E-state index contributed by atoms with van der Waals surface area (Å²) in [5.74, 6) is 1.14. The second-order valence-corrected chi connectivity index (χ2v) is 15.3. The molecule has 3 aliphatic rings. The summed E-state index contributed by atoms with van der Waals surface area (Å²) in [6, 6.07) is 40.9. The Bertz CT molecular complexity index is 2390. The number of ether oxygens (including phenoxy) is 1. The Labute approximate surface area is 331 Å². The lowest BCUT2D eigenvalue weighted by Gasteiger charge is -2.53. The van der Waals surface area contributed by atoms with Crippen LogP contribution in [0.1, 0.15) is 46.8 Å². The van der Waals surface area contributed by atoms with E-state index in [-0.39, 0.29) is 17.2 Å². The van der Waals surface area contributed by atoms with Crippen LogP contribution in [0.2, 0.25) is 0 Å². The third-order valence-electron chi connectivity index (χ3n) is 11.8. The predicted octanol–water partition coefficient (Wildman–Crippen LogP) is 7.20. The summed E-state index contributed by atoms with van der Waals surface area (Å²) in [7, 11) is 0. The number of aromatic amines is 1. The first kappa shape index (κ1) is 38.0. The average molecular weight is 765 g/mol. The topological polar surface area (TPSA) is 147 Å². The molecule has 3 saturated heterocycles. The molecule has 3 atom stereocenters. The molecule has 1 aromatic heterocycles. The second-order valence-electron chi connectivity index (χ2n) is 15.3. The van der Waals surface area contributed by atoms with E-state index in [0.717, 1.165) is 72.3 Å². The maximum atomic E-state index is 12.6. The second kappa shape index (κ2) is 16.7. The van der Waals surface area contributed by atoms with Gasteiger partial charge in [0.1, 0.15) is 18.1 Å². The van der Waals surface area contributed by atoms with Gasteiger partial charge in [-0.05, 0) is 114 Å². The number of rotatable bonds is 14. The van der Waals surface area contributed by atoms with Crippen molar-refractivity contribution in [2.75, 3.05) is 32.7 Å². The van der Waals surface area contributed by atoms with Crippen LogP contribution in [-0.4, -0.2) is 64.0 Å². The molecule has 3 fully saturated rings. The number of carboxylic acid groups (broad SMARTS) is 1. The summed E-state index contributed by atoms with van der Waals surface area (Å²) < 4.78 is 6.42. The summed E-state index contributed by atoms with van der Waals surface area (Å²) in [4.78, 5) is 29.4. The van der Waals surface area contributed by atoms with Crippen LogP contribution in [0.5, 0.6) is 11.5 Å². The molecule has 10 heteroatoms. The fraction of sp³-hybridized carbons (Fsp3) is 0.277. The van der Waals surface area contributed by atoms with Crippen molar-refractivity contribution in [1.82, 2.24) is 20.5 Å². The third-order valence-corrected chi connectivity index (χ3v) is 11.8. The number of aromatic hydroxyl groups is 1.